The quantitative estimate of drug-likeness (QED) is 0.770. The van der Waals surface area contributed by atoms with Crippen molar-refractivity contribution in [1.82, 2.24) is 19.9 Å². The van der Waals surface area contributed by atoms with Gasteiger partial charge in [0.25, 0.3) is 0 Å². The largest absolute Gasteiger partial charge is 0.263 e. The van der Waals surface area contributed by atoms with Gasteiger partial charge >= 0.3 is 0 Å². The van der Waals surface area contributed by atoms with Crippen LogP contribution in [-0.4, -0.2) is 30.1 Å². The van der Waals surface area contributed by atoms with Crippen LogP contribution in [0.3, 0.4) is 0 Å². The monoisotopic (exact) mass is 284 g/mol. The maximum absolute atomic E-state index is 13.4. The minimum atomic E-state index is -3.80. The van der Waals surface area contributed by atoms with E-state index in [0.717, 1.165) is 6.07 Å². The molecule has 6 nitrogen and oxygen atoms in total. The van der Waals surface area contributed by atoms with E-state index in [0.29, 0.717) is 18.7 Å². The zero-order valence-corrected chi connectivity index (χ0v) is 10.8. The number of sulfonamides is 1. The van der Waals surface area contributed by atoms with Gasteiger partial charge in [-0.2, -0.15) is 5.10 Å². The molecule has 1 aromatic carbocycles. The smallest absolute Gasteiger partial charge is 0.243 e. The average molecular weight is 284 g/mol. The van der Waals surface area contributed by atoms with Gasteiger partial charge in [0.2, 0.25) is 10.0 Å². The number of nitrogens with one attached hydrogen (secondary N) is 2. The molecular formula is C11H13FN4O2S. The van der Waals surface area contributed by atoms with E-state index < -0.39 is 15.8 Å². The van der Waals surface area contributed by atoms with Crippen molar-refractivity contribution in [2.75, 3.05) is 6.54 Å². The molecular weight excluding hydrogens is 271 g/mol. The standard InChI is InChI=1S/C11H13FN4O2S/c12-9-4-1-2-5-10(9)19(17,18)15-7-3-6-11-13-8-14-16-11/h1-2,4-5,8,15H,3,6-7H2,(H,13,14,16). The van der Waals surface area contributed by atoms with Gasteiger partial charge < -0.3 is 0 Å². The van der Waals surface area contributed by atoms with Crippen LogP contribution < -0.4 is 4.72 Å². The molecule has 0 bridgehead atoms. The summed E-state index contributed by atoms with van der Waals surface area (Å²) in [7, 11) is -3.80. The molecule has 102 valence electrons. The maximum atomic E-state index is 13.4. The summed E-state index contributed by atoms with van der Waals surface area (Å²) >= 11 is 0. The second-order valence-electron chi connectivity index (χ2n) is 3.86. The molecule has 0 spiro atoms. The van der Waals surface area contributed by atoms with E-state index in [9.17, 15) is 12.8 Å². The fourth-order valence-electron chi connectivity index (χ4n) is 1.55. The van der Waals surface area contributed by atoms with Gasteiger partial charge in [-0.1, -0.05) is 12.1 Å². The van der Waals surface area contributed by atoms with Crippen molar-refractivity contribution < 1.29 is 12.8 Å². The summed E-state index contributed by atoms with van der Waals surface area (Å²) in [6.45, 7) is 0.206. The lowest BCUT2D eigenvalue weighted by atomic mass is 10.3. The second-order valence-corrected chi connectivity index (χ2v) is 5.60. The van der Waals surface area contributed by atoms with Gasteiger partial charge in [-0.05, 0) is 18.6 Å². The summed E-state index contributed by atoms with van der Waals surface area (Å²) < 4.78 is 39.4. The first-order chi connectivity index (χ1) is 9.09. The molecule has 2 N–H and O–H groups in total. The van der Waals surface area contributed by atoms with Crippen LogP contribution in [0.2, 0.25) is 0 Å². The molecule has 8 heteroatoms. The normalized spacial score (nSPS) is 11.6. The predicted octanol–water partition coefficient (Wildman–Crippen LogP) is 0.855. The fraction of sp³-hybridized carbons (Fsp3) is 0.273. The molecule has 1 heterocycles. The van der Waals surface area contributed by atoms with Crippen molar-refractivity contribution in [3.05, 3.63) is 42.2 Å². The lowest BCUT2D eigenvalue weighted by molar-refractivity contribution is 0.555. The number of hydrogen-bond donors (Lipinski definition) is 2. The molecule has 0 aliphatic carbocycles. The van der Waals surface area contributed by atoms with E-state index >= 15 is 0 Å². The van der Waals surface area contributed by atoms with Gasteiger partial charge in [-0.25, -0.2) is 22.5 Å². The zero-order chi connectivity index (χ0) is 13.7. The Kier molecular flexibility index (Phi) is 4.23. The van der Waals surface area contributed by atoms with Crippen molar-refractivity contribution >= 4 is 10.0 Å². The number of benzene rings is 1. The number of rotatable bonds is 6. The average Bonchev–Trinajstić information content (AvgIpc) is 2.88. The molecule has 0 aliphatic heterocycles. The summed E-state index contributed by atoms with van der Waals surface area (Å²) in [6, 6.07) is 5.27. The molecule has 0 unspecified atom stereocenters. The molecule has 1 aromatic heterocycles. The number of H-pyrrole nitrogens is 1. The van der Waals surface area contributed by atoms with Crippen LogP contribution in [0, 0.1) is 5.82 Å². The topological polar surface area (TPSA) is 87.7 Å². The first kappa shape index (κ1) is 13.6. The van der Waals surface area contributed by atoms with E-state index in [-0.39, 0.29) is 11.4 Å². The third kappa shape index (κ3) is 3.58. The number of aromatic nitrogens is 3. The molecule has 0 saturated carbocycles. The molecule has 0 atom stereocenters. The third-order valence-corrected chi connectivity index (χ3v) is 3.97. The van der Waals surface area contributed by atoms with Gasteiger partial charge in [-0.3, -0.25) is 5.10 Å². The number of hydrogen-bond acceptors (Lipinski definition) is 4. The SMILES string of the molecule is O=S(=O)(NCCCc1ncn[nH]1)c1ccccc1F. The van der Waals surface area contributed by atoms with E-state index in [1.165, 1.54) is 24.5 Å². The van der Waals surface area contributed by atoms with Crippen LogP contribution in [-0.2, 0) is 16.4 Å². The van der Waals surface area contributed by atoms with Gasteiger partial charge in [0, 0.05) is 13.0 Å². The molecule has 2 rings (SSSR count). The Morgan fingerprint density at radius 2 is 2.11 bits per heavy atom. The van der Waals surface area contributed by atoms with Crippen LogP contribution in [0.5, 0.6) is 0 Å². The van der Waals surface area contributed by atoms with Gasteiger partial charge in [0.1, 0.15) is 22.9 Å². The highest BCUT2D eigenvalue weighted by molar-refractivity contribution is 7.89. The van der Waals surface area contributed by atoms with Gasteiger partial charge in [0.15, 0.2) is 0 Å². The highest BCUT2D eigenvalue weighted by Gasteiger charge is 2.17. The van der Waals surface area contributed by atoms with Crippen molar-refractivity contribution in [1.29, 1.82) is 0 Å². The van der Waals surface area contributed by atoms with Crippen LogP contribution in [0.4, 0.5) is 4.39 Å². The Labute approximate surface area is 110 Å². The number of nitrogens with zero attached hydrogens (tertiary/aromatic N) is 2. The van der Waals surface area contributed by atoms with Crippen LogP contribution in [0.15, 0.2) is 35.5 Å². The zero-order valence-electron chi connectivity index (χ0n) is 10.0. The molecule has 19 heavy (non-hydrogen) atoms. The summed E-state index contributed by atoms with van der Waals surface area (Å²) in [4.78, 5) is 3.58. The highest BCUT2D eigenvalue weighted by Crippen LogP contribution is 2.12. The second kappa shape index (κ2) is 5.89. The summed E-state index contributed by atoms with van der Waals surface area (Å²) in [5, 5.41) is 6.36. The predicted molar refractivity (Wildman–Crippen MR) is 66.3 cm³/mol. The van der Waals surface area contributed by atoms with Crippen LogP contribution >= 0.6 is 0 Å². The van der Waals surface area contributed by atoms with E-state index in [1.807, 2.05) is 0 Å². The third-order valence-electron chi connectivity index (χ3n) is 2.47. The summed E-state index contributed by atoms with van der Waals surface area (Å²) in [5.74, 6) is -0.0738. The lowest BCUT2D eigenvalue weighted by Gasteiger charge is -2.06. The minimum absolute atomic E-state index is 0.206. The molecule has 0 saturated heterocycles. The number of aryl methyl sites for hydroxylation is 1. The van der Waals surface area contributed by atoms with E-state index in [2.05, 4.69) is 19.9 Å². The van der Waals surface area contributed by atoms with Crippen LogP contribution in [0.1, 0.15) is 12.2 Å². The summed E-state index contributed by atoms with van der Waals surface area (Å²) in [6.07, 6.45) is 2.50. The first-order valence-corrected chi connectivity index (χ1v) is 7.16. The van der Waals surface area contributed by atoms with Crippen molar-refractivity contribution in [2.45, 2.75) is 17.7 Å². The van der Waals surface area contributed by atoms with E-state index in [4.69, 9.17) is 0 Å². The maximum Gasteiger partial charge on any atom is 0.243 e. The fourth-order valence-corrected chi connectivity index (χ4v) is 2.71. The Balaban J connectivity index is 1.90. The molecule has 0 fully saturated rings. The highest BCUT2D eigenvalue weighted by atomic mass is 32.2. The summed E-state index contributed by atoms with van der Waals surface area (Å²) in [5.41, 5.74) is 0. The van der Waals surface area contributed by atoms with Crippen LogP contribution in [0.25, 0.3) is 0 Å². The van der Waals surface area contributed by atoms with Crippen molar-refractivity contribution in [2.24, 2.45) is 0 Å². The van der Waals surface area contributed by atoms with Crippen molar-refractivity contribution in [3.8, 4) is 0 Å². The Hall–Kier alpha value is -1.80. The molecule has 2 aromatic rings. The molecule has 0 aliphatic rings. The Bertz CT molecular complexity index is 628. The minimum Gasteiger partial charge on any atom is -0.263 e. The first-order valence-electron chi connectivity index (χ1n) is 5.68. The van der Waals surface area contributed by atoms with Gasteiger partial charge in [0.05, 0.1) is 0 Å². The number of aromatic amines is 1. The molecule has 0 radical (unpaired) electrons. The Morgan fingerprint density at radius 3 is 2.79 bits per heavy atom. The van der Waals surface area contributed by atoms with E-state index in [1.54, 1.807) is 0 Å². The molecule has 0 amide bonds. The van der Waals surface area contributed by atoms with Crippen molar-refractivity contribution in [3.63, 3.8) is 0 Å². The number of halogens is 1. The van der Waals surface area contributed by atoms with Gasteiger partial charge in [-0.15, -0.1) is 0 Å². The Morgan fingerprint density at radius 1 is 1.32 bits per heavy atom. The lowest BCUT2D eigenvalue weighted by Crippen LogP contribution is -2.26.